The molecule has 5 nitrogen and oxygen atoms in total. The molecule has 0 fully saturated rings. The van der Waals surface area contributed by atoms with Crippen LogP contribution in [0.5, 0.6) is 0 Å². The first-order valence-corrected chi connectivity index (χ1v) is 2.69. The first-order chi connectivity index (χ1) is 4.33. The van der Waals surface area contributed by atoms with Crippen LogP contribution < -0.4 is 10.6 Å². The molecule has 0 aromatic rings. The Bertz CT molecular complexity index is 144. The molecule has 1 aliphatic rings. The van der Waals surface area contributed by atoms with Crippen LogP contribution >= 0.6 is 0 Å². The van der Waals surface area contributed by atoms with E-state index in [2.05, 4.69) is 20.9 Å². The summed E-state index contributed by atoms with van der Waals surface area (Å²) in [6.07, 6.45) is -0.164. The number of hydrogen-bond donors (Lipinski definition) is 2. The molecule has 0 saturated heterocycles. The van der Waals surface area contributed by atoms with Crippen molar-refractivity contribution in [3.63, 3.8) is 0 Å². The highest BCUT2D eigenvalue weighted by atomic mass is 16.2. The molecule has 2 amide bonds. The Balaban J connectivity index is 2.32. The van der Waals surface area contributed by atoms with Crippen molar-refractivity contribution in [1.29, 1.82) is 0 Å². The number of urea groups is 1. The number of likely N-dealkylation sites (N-methyl/N-ethyl adjacent to an activating group) is 1. The van der Waals surface area contributed by atoms with Gasteiger partial charge in [0, 0.05) is 6.54 Å². The summed E-state index contributed by atoms with van der Waals surface area (Å²) >= 11 is 0. The van der Waals surface area contributed by atoms with Crippen LogP contribution in [0.2, 0.25) is 0 Å². The SMILES string of the molecule is CNCC1N=NC(=O)N1. The molecular formula is C4H8N4O. The molecule has 5 heteroatoms. The van der Waals surface area contributed by atoms with Gasteiger partial charge in [0.05, 0.1) is 0 Å². The number of carbonyl (C=O) groups is 1. The van der Waals surface area contributed by atoms with Gasteiger partial charge in [0.15, 0.2) is 6.17 Å². The number of carbonyl (C=O) groups excluding carboxylic acids is 1. The Hall–Kier alpha value is -0.970. The number of hydrogen-bond acceptors (Lipinski definition) is 3. The van der Waals surface area contributed by atoms with Gasteiger partial charge >= 0.3 is 6.03 Å². The number of rotatable bonds is 2. The Morgan fingerprint density at radius 2 is 2.67 bits per heavy atom. The molecule has 0 spiro atoms. The number of azo groups is 1. The van der Waals surface area contributed by atoms with Gasteiger partial charge in [-0.3, -0.25) is 0 Å². The maximum absolute atomic E-state index is 10.3. The van der Waals surface area contributed by atoms with Crippen LogP contribution in [0.25, 0.3) is 0 Å². The monoisotopic (exact) mass is 128 g/mol. The van der Waals surface area contributed by atoms with Gasteiger partial charge in [-0.1, -0.05) is 5.11 Å². The third-order valence-electron chi connectivity index (χ3n) is 0.976. The summed E-state index contributed by atoms with van der Waals surface area (Å²) in [6.45, 7) is 0.634. The van der Waals surface area contributed by atoms with Gasteiger partial charge in [-0.15, -0.1) is 0 Å². The molecule has 0 aromatic carbocycles. The highest BCUT2D eigenvalue weighted by Gasteiger charge is 2.15. The van der Waals surface area contributed by atoms with Crippen LogP contribution in [0.4, 0.5) is 4.79 Å². The molecule has 0 aromatic heterocycles. The van der Waals surface area contributed by atoms with Gasteiger partial charge in [0.2, 0.25) is 0 Å². The minimum absolute atomic E-state index is 0.164. The van der Waals surface area contributed by atoms with E-state index in [-0.39, 0.29) is 12.2 Å². The molecule has 2 N–H and O–H groups in total. The molecule has 1 atom stereocenters. The third kappa shape index (κ3) is 1.46. The molecule has 0 radical (unpaired) electrons. The van der Waals surface area contributed by atoms with E-state index in [1.165, 1.54) is 0 Å². The van der Waals surface area contributed by atoms with Gasteiger partial charge in [0.25, 0.3) is 0 Å². The van der Waals surface area contributed by atoms with Gasteiger partial charge in [0.1, 0.15) is 0 Å². The summed E-state index contributed by atoms with van der Waals surface area (Å²) in [7, 11) is 1.79. The second-order valence-corrected chi connectivity index (χ2v) is 1.74. The maximum Gasteiger partial charge on any atom is 0.361 e. The van der Waals surface area contributed by atoms with Crippen LogP contribution in [0.15, 0.2) is 10.2 Å². The Morgan fingerprint density at radius 1 is 1.89 bits per heavy atom. The van der Waals surface area contributed by atoms with Crippen molar-refractivity contribution in [1.82, 2.24) is 10.6 Å². The van der Waals surface area contributed by atoms with Crippen LogP contribution in [-0.4, -0.2) is 25.8 Å². The van der Waals surface area contributed by atoms with Gasteiger partial charge in [-0.25, -0.2) is 4.79 Å². The quantitative estimate of drug-likeness (QED) is 0.536. The summed E-state index contributed by atoms with van der Waals surface area (Å²) in [4.78, 5) is 10.3. The standard InChI is InChI=1S/C4H8N4O/c1-5-2-3-6-4(9)8-7-3/h3,5H,2H2,1H3,(H,6,9). The average molecular weight is 128 g/mol. The molecule has 0 saturated carbocycles. The highest BCUT2D eigenvalue weighted by molar-refractivity contribution is 5.75. The third-order valence-corrected chi connectivity index (χ3v) is 0.976. The van der Waals surface area contributed by atoms with Crippen LogP contribution in [0.1, 0.15) is 0 Å². The van der Waals surface area contributed by atoms with Crippen LogP contribution in [0, 0.1) is 0 Å². The lowest BCUT2D eigenvalue weighted by molar-refractivity contribution is 0.250. The molecule has 0 bridgehead atoms. The molecular weight excluding hydrogens is 120 g/mol. The van der Waals surface area contributed by atoms with Gasteiger partial charge in [-0.2, -0.15) is 5.11 Å². The normalized spacial score (nSPS) is 24.6. The Labute approximate surface area is 52.5 Å². The minimum Gasteiger partial charge on any atom is -0.316 e. The number of nitrogens with one attached hydrogen (secondary N) is 2. The van der Waals surface area contributed by atoms with E-state index >= 15 is 0 Å². The largest absolute Gasteiger partial charge is 0.361 e. The number of amides is 2. The Kier molecular flexibility index (Phi) is 1.74. The second-order valence-electron chi connectivity index (χ2n) is 1.74. The average Bonchev–Trinajstić information content (AvgIpc) is 2.17. The summed E-state index contributed by atoms with van der Waals surface area (Å²) in [5, 5.41) is 12.3. The fraction of sp³-hybridized carbons (Fsp3) is 0.750. The zero-order valence-electron chi connectivity index (χ0n) is 5.09. The summed E-state index contributed by atoms with van der Waals surface area (Å²) in [6, 6.07) is -0.352. The fourth-order valence-corrected chi connectivity index (χ4v) is 0.608. The van der Waals surface area contributed by atoms with Crippen LogP contribution in [0.3, 0.4) is 0 Å². The van der Waals surface area contributed by atoms with Crippen molar-refractivity contribution in [3.8, 4) is 0 Å². The van der Waals surface area contributed by atoms with E-state index in [4.69, 9.17) is 0 Å². The Morgan fingerprint density at radius 3 is 3.11 bits per heavy atom. The lowest BCUT2D eigenvalue weighted by atomic mass is 10.5. The summed E-state index contributed by atoms with van der Waals surface area (Å²) in [5.74, 6) is 0. The topological polar surface area (TPSA) is 65.8 Å². The van der Waals surface area contributed by atoms with E-state index in [0.29, 0.717) is 6.54 Å². The summed E-state index contributed by atoms with van der Waals surface area (Å²) < 4.78 is 0. The van der Waals surface area contributed by atoms with E-state index < -0.39 is 0 Å². The number of nitrogens with zero attached hydrogens (tertiary/aromatic N) is 2. The van der Waals surface area contributed by atoms with Crippen molar-refractivity contribution in [3.05, 3.63) is 0 Å². The predicted octanol–water partition coefficient (Wildman–Crippen LogP) is -0.293. The molecule has 1 rings (SSSR count). The first-order valence-electron chi connectivity index (χ1n) is 2.69. The van der Waals surface area contributed by atoms with Crippen molar-refractivity contribution in [2.75, 3.05) is 13.6 Å². The van der Waals surface area contributed by atoms with E-state index in [9.17, 15) is 4.79 Å². The highest BCUT2D eigenvalue weighted by Crippen LogP contribution is 1.95. The van der Waals surface area contributed by atoms with Crippen LogP contribution in [-0.2, 0) is 0 Å². The summed E-state index contributed by atoms with van der Waals surface area (Å²) in [5.41, 5.74) is 0. The maximum atomic E-state index is 10.3. The van der Waals surface area contributed by atoms with E-state index in [1.807, 2.05) is 0 Å². The van der Waals surface area contributed by atoms with Crippen molar-refractivity contribution in [2.24, 2.45) is 10.2 Å². The van der Waals surface area contributed by atoms with E-state index in [1.54, 1.807) is 7.05 Å². The smallest absolute Gasteiger partial charge is 0.316 e. The van der Waals surface area contributed by atoms with Crippen molar-refractivity contribution in [2.45, 2.75) is 6.17 Å². The first kappa shape index (κ1) is 6.15. The molecule has 1 aliphatic heterocycles. The lowest BCUT2D eigenvalue weighted by Gasteiger charge is -2.01. The predicted molar refractivity (Wildman–Crippen MR) is 31.1 cm³/mol. The zero-order valence-corrected chi connectivity index (χ0v) is 5.09. The molecule has 1 unspecified atom stereocenters. The van der Waals surface area contributed by atoms with E-state index in [0.717, 1.165) is 0 Å². The molecule has 1 heterocycles. The second kappa shape index (κ2) is 2.54. The molecule has 0 aliphatic carbocycles. The van der Waals surface area contributed by atoms with Crippen molar-refractivity contribution < 1.29 is 4.79 Å². The fourth-order valence-electron chi connectivity index (χ4n) is 0.608. The molecule has 9 heavy (non-hydrogen) atoms. The van der Waals surface area contributed by atoms with Gasteiger partial charge in [-0.05, 0) is 7.05 Å². The lowest BCUT2D eigenvalue weighted by Crippen LogP contribution is -2.33. The zero-order chi connectivity index (χ0) is 6.69. The molecule has 50 valence electrons. The van der Waals surface area contributed by atoms with Crippen molar-refractivity contribution >= 4 is 6.03 Å². The minimum atomic E-state index is -0.352. The van der Waals surface area contributed by atoms with Gasteiger partial charge < -0.3 is 10.6 Å².